The molecule has 116 valence electrons. The lowest BCUT2D eigenvalue weighted by molar-refractivity contribution is -0.137. The van der Waals surface area contributed by atoms with Gasteiger partial charge in [0.15, 0.2) is 0 Å². The van der Waals surface area contributed by atoms with E-state index in [2.05, 4.69) is 5.32 Å². The molecule has 5 nitrogen and oxygen atoms in total. The summed E-state index contributed by atoms with van der Waals surface area (Å²) in [4.78, 5) is 23.0. The number of aromatic carboxylic acids is 1. The molecule has 0 spiro atoms. The smallest absolute Gasteiger partial charge is 0.416 e. The van der Waals surface area contributed by atoms with Crippen molar-refractivity contribution in [1.29, 1.82) is 0 Å². The van der Waals surface area contributed by atoms with Crippen LogP contribution in [0.5, 0.6) is 0 Å². The Balaban J connectivity index is 3.25. The minimum absolute atomic E-state index is 0.0415. The molecule has 21 heavy (non-hydrogen) atoms. The molecule has 0 aromatic heterocycles. The number of hydrogen-bond acceptors (Lipinski definition) is 3. The van der Waals surface area contributed by atoms with E-state index in [0.717, 1.165) is 6.07 Å². The summed E-state index contributed by atoms with van der Waals surface area (Å²) in [6.07, 6.45) is -4.64. The second-order valence-corrected chi connectivity index (χ2v) is 5.11. The van der Waals surface area contributed by atoms with Crippen LogP contribution in [0.25, 0.3) is 0 Å². The number of carboxylic acid groups (broad SMARTS) is 1. The predicted octanol–water partition coefficient (Wildman–Crippen LogP) is 2.33. The molecule has 1 aromatic rings. The maximum atomic E-state index is 12.7. The SMILES string of the molecule is CC(C)(CN)C(=O)Nc1cc(C(F)(F)F)ccc1C(=O)O. The first kappa shape index (κ1) is 17.0. The van der Waals surface area contributed by atoms with Gasteiger partial charge in [-0.25, -0.2) is 4.79 Å². The lowest BCUT2D eigenvalue weighted by Crippen LogP contribution is -2.37. The first-order valence-corrected chi connectivity index (χ1v) is 5.95. The van der Waals surface area contributed by atoms with Gasteiger partial charge in [0.25, 0.3) is 0 Å². The van der Waals surface area contributed by atoms with Crippen LogP contribution < -0.4 is 11.1 Å². The molecule has 0 bridgehead atoms. The number of benzene rings is 1. The van der Waals surface area contributed by atoms with Gasteiger partial charge < -0.3 is 16.2 Å². The molecule has 0 unspecified atom stereocenters. The third-order valence-electron chi connectivity index (χ3n) is 2.95. The Morgan fingerprint density at radius 3 is 2.29 bits per heavy atom. The van der Waals surface area contributed by atoms with Crippen molar-refractivity contribution in [2.75, 3.05) is 11.9 Å². The maximum Gasteiger partial charge on any atom is 0.416 e. The van der Waals surface area contributed by atoms with E-state index in [-0.39, 0.29) is 6.54 Å². The van der Waals surface area contributed by atoms with E-state index in [1.807, 2.05) is 0 Å². The molecule has 0 radical (unpaired) electrons. The van der Waals surface area contributed by atoms with Gasteiger partial charge in [0, 0.05) is 6.54 Å². The van der Waals surface area contributed by atoms with Gasteiger partial charge >= 0.3 is 12.1 Å². The molecule has 1 amide bonds. The fourth-order valence-corrected chi connectivity index (χ4v) is 1.39. The Kier molecular flexibility index (Phi) is 4.62. The van der Waals surface area contributed by atoms with E-state index in [0.29, 0.717) is 12.1 Å². The number of nitrogens with two attached hydrogens (primary N) is 1. The van der Waals surface area contributed by atoms with Gasteiger partial charge in [0.1, 0.15) is 0 Å². The highest BCUT2D eigenvalue weighted by Crippen LogP contribution is 2.32. The minimum Gasteiger partial charge on any atom is -0.478 e. The van der Waals surface area contributed by atoms with E-state index in [1.54, 1.807) is 0 Å². The van der Waals surface area contributed by atoms with Crippen LogP contribution in [-0.4, -0.2) is 23.5 Å². The van der Waals surface area contributed by atoms with E-state index in [9.17, 15) is 22.8 Å². The highest BCUT2D eigenvalue weighted by molar-refractivity contribution is 6.02. The van der Waals surface area contributed by atoms with Crippen molar-refractivity contribution in [2.45, 2.75) is 20.0 Å². The standard InChI is InChI=1S/C13H15F3N2O3/c1-12(2,6-17)11(21)18-9-5-7(13(14,15)16)3-4-8(9)10(19)20/h3-5H,6,17H2,1-2H3,(H,18,21)(H,19,20). The minimum atomic E-state index is -4.64. The van der Waals surface area contributed by atoms with Crippen LogP contribution in [0.15, 0.2) is 18.2 Å². The lowest BCUT2D eigenvalue weighted by atomic mass is 9.92. The normalized spacial score (nSPS) is 12.1. The summed E-state index contributed by atoms with van der Waals surface area (Å²) >= 11 is 0. The highest BCUT2D eigenvalue weighted by Gasteiger charge is 2.33. The van der Waals surface area contributed by atoms with Crippen molar-refractivity contribution in [1.82, 2.24) is 0 Å². The molecular formula is C13H15F3N2O3. The van der Waals surface area contributed by atoms with Crippen LogP contribution in [0.3, 0.4) is 0 Å². The van der Waals surface area contributed by atoms with Gasteiger partial charge in [0.2, 0.25) is 5.91 Å². The number of carbonyl (C=O) groups is 2. The average Bonchev–Trinajstić information content (AvgIpc) is 2.37. The number of amides is 1. The molecule has 1 rings (SSSR count). The summed E-state index contributed by atoms with van der Waals surface area (Å²) < 4.78 is 38.0. The summed E-state index contributed by atoms with van der Waals surface area (Å²) in [5, 5.41) is 11.2. The molecule has 8 heteroatoms. The van der Waals surface area contributed by atoms with E-state index in [4.69, 9.17) is 10.8 Å². The quantitative estimate of drug-likeness (QED) is 0.796. The fourth-order valence-electron chi connectivity index (χ4n) is 1.39. The Labute approximate surface area is 118 Å². The number of alkyl halides is 3. The molecule has 0 aliphatic carbocycles. The maximum absolute atomic E-state index is 12.7. The molecule has 0 aliphatic rings. The Hall–Kier alpha value is -2.09. The Morgan fingerprint density at radius 2 is 1.86 bits per heavy atom. The zero-order chi connectivity index (χ0) is 16.4. The van der Waals surface area contributed by atoms with E-state index in [1.165, 1.54) is 13.8 Å². The van der Waals surface area contributed by atoms with Gasteiger partial charge in [-0.1, -0.05) is 0 Å². The molecule has 0 aliphatic heterocycles. The number of nitrogens with one attached hydrogen (secondary N) is 1. The predicted molar refractivity (Wildman–Crippen MR) is 69.9 cm³/mol. The summed E-state index contributed by atoms with van der Waals surface area (Å²) in [5.74, 6) is -2.10. The van der Waals surface area contributed by atoms with Gasteiger partial charge in [-0.2, -0.15) is 13.2 Å². The Morgan fingerprint density at radius 1 is 1.29 bits per heavy atom. The molecule has 0 heterocycles. The number of carbonyl (C=O) groups excluding carboxylic acids is 1. The third kappa shape index (κ3) is 3.94. The second kappa shape index (κ2) is 5.72. The van der Waals surface area contributed by atoms with Gasteiger partial charge in [-0.15, -0.1) is 0 Å². The zero-order valence-electron chi connectivity index (χ0n) is 11.4. The van der Waals surface area contributed by atoms with Gasteiger partial charge in [-0.3, -0.25) is 4.79 Å². The van der Waals surface area contributed by atoms with E-state index < -0.39 is 40.3 Å². The first-order valence-electron chi connectivity index (χ1n) is 5.95. The number of halogens is 3. The van der Waals surface area contributed by atoms with Crippen molar-refractivity contribution >= 4 is 17.6 Å². The van der Waals surface area contributed by atoms with Crippen molar-refractivity contribution in [2.24, 2.45) is 11.1 Å². The number of rotatable bonds is 4. The van der Waals surface area contributed by atoms with Crippen molar-refractivity contribution in [3.8, 4) is 0 Å². The third-order valence-corrected chi connectivity index (χ3v) is 2.95. The van der Waals surface area contributed by atoms with Crippen LogP contribution in [0.1, 0.15) is 29.8 Å². The van der Waals surface area contributed by atoms with Crippen molar-refractivity contribution < 1.29 is 27.9 Å². The number of hydrogen-bond donors (Lipinski definition) is 3. The topological polar surface area (TPSA) is 92.4 Å². The summed E-state index contributed by atoms with van der Waals surface area (Å²) in [6, 6.07) is 2.04. The molecule has 4 N–H and O–H groups in total. The largest absolute Gasteiger partial charge is 0.478 e. The first-order chi connectivity index (χ1) is 9.49. The van der Waals surface area contributed by atoms with Crippen LogP contribution in [0.4, 0.5) is 18.9 Å². The molecule has 0 atom stereocenters. The average molecular weight is 304 g/mol. The van der Waals surface area contributed by atoms with Crippen molar-refractivity contribution in [3.63, 3.8) is 0 Å². The monoisotopic (exact) mass is 304 g/mol. The van der Waals surface area contributed by atoms with E-state index >= 15 is 0 Å². The molecule has 0 fully saturated rings. The Bertz CT molecular complexity index is 568. The number of carboxylic acids is 1. The molecule has 0 saturated carbocycles. The van der Waals surface area contributed by atoms with Crippen LogP contribution in [0.2, 0.25) is 0 Å². The summed E-state index contributed by atoms with van der Waals surface area (Å²) in [7, 11) is 0. The molecular weight excluding hydrogens is 289 g/mol. The molecule has 1 aromatic carbocycles. The zero-order valence-corrected chi connectivity index (χ0v) is 11.4. The number of anilines is 1. The van der Waals surface area contributed by atoms with Gasteiger partial charge in [-0.05, 0) is 32.0 Å². The lowest BCUT2D eigenvalue weighted by Gasteiger charge is -2.22. The summed E-state index contributed by atoms with van der Waals surface area (Å²) in [6.45, 7) is 2.95. The fraction of sp³-hybridized carbons (Fsp3) is 0.385. The van der Waals surface area contributed by atoms with Gasteiger partial charge in [0.05, 0.1) is 22.2 Å². The second-order valence-electron chi connectivity index (χ2n) is 5.11. The highest BCUT2D eigenvalue weighted by atomic mass is 19.4. The van der Waals surface area contributed by atoms with Crippen LogP contribution in [0, 0.1) is 5.41 Å². The summed E-state index contributed by atoms with van der Waals surface area (Å²) in [5.41, 5.74) is 2.48. The van der Waals surface area contributed by atoms with Crippen molar-refractivity contribution in [3.05, 3.63) is 29.3 Å². The van der Waals surface area contributed by atoms with Crippen LogP contribution >= 0.6 is 0 Å². The molecule has 0 saturated heterocycles. The van der Waals surface area contributed by atoms with Crippen LogP contribution in [-0.2, 0) is 11.0 Å².